The van der Waals surface area contributed by atoms with Crippen LogP contribution in [0.1, 0.15) is 30.0 Å². The van der Waals surface area contributed by atoms with Gasteiger partial charge in [0.05, 0.1) is 0 Å². The molecule has 2 aromatic carbocycles. The lowest BCUT2D eigenvalue weighted by molar-refractivity contribution is -0.136. The van der Waals surface area contributed by atoms with Crippen molar-refractivity contribution < 1.29 is 23.5 Å². The molecule has 156 valence electrons. The molecule has 0 saturated heterocycles. The SMILES string of the molecule is CC[C@@H](NC(=O)OCc1ccccc1)C(=O)Oc1ccc2c(C)c(C)c(=O)oc2c1. The molecule has 0 unspecified atom stereocenters. The van der Waals surface area contributed by atoms with Crippen LogP contribution in [0.5, 0.6) is 5.75 Å². The molecular weight excluding hydrogens is 386 g/mol. The fourth-order valence-electron chi connectivity index (χ4n) is 2.91. The minimum absolute atomic E-state index is 0.0978. The molecule has 7 heteroatoms. The molecular formula is C23H23NO6. The second kappa shape index (κ2) is 9.26. The fourth-order valence-corrected chi connectivity index (χ4v) is 2.91. The molecule has 0 aliphatic rings. The number of carbonyl (C=O) groups is 2. The summed E-state index contributed by atoms with van der Waals surface area (Å²) in [5, 5.41) is 3.28. The number of carbonyl (C=O) groups excluding carboxylic acids is 2. The topological polar surface area (TPSA) is 94.8 Å². The molecule has 1 heterocycles. The molecule has 1 amide bonds. The number of hydrogen-bond acceptors (Lipinski definition) is 6. The number of alkyl carbamates (subject to hydrolysis) is 1. The van der Waals surface area contributed by atoms with Gasteiger partial charge in [0.2, 0.25) is 0 Å². The smallest absolute Gasteiger partial charge is 0.408 e. The van der Waals surface area contributed by atoms with Crippen molar-refractivity contribution in [3.8, 4) is 5.75 Å². The van der Waals surface area contributed by atoms with Crippen molar-refractivity contribution in [3.05, 3.63) is 75.6 Å². The lowest BCUT2D eigenvalue weighted by atomic mass is 10.1. The Hall–Kier alpha value is -3.61. The van der Waals surface area contributed by atoms with Gasteiger partial charge in [-0.05, 0) is 43.5 Å². The second-order valence-corrected chi connectivity index (χ2v) is 6.89. The van der Waals surface area contributed by atoms with Crippen LogP contribution < -0.4 is 15.7 Å². The number of fused-ring (bicyclic) bond motifs is 1. The number of ether oxygens (including phenoxy) is 2. The Balaban J connectivity index is 1.65. The van der Waals surface area contributed by atoms with Crippen LogP contribution in [0, 0.1) is 13.8 Å². The minimum Gasteiger partial charge on any atom is -0.445 e. The van der Waals surface area contributed by atoms with E-state index < -0.39 is 23.7 Å². The van der Waals surface area contributed by atoms with Gasteiger partial charge in [-0.25, -0.2) is 14.4 Å². The standard InChI is InChI=1S/C23H23NO6/c1-4-19(24-23(27)28-13-16-8-6-5-7-9-16)22(26)29-17-10-11-18-14(2)15(3)21(25)30-20(18)12-17/h5-12,19H,4,13H2,1-3H3,(H,24,27)/t19-/m1/s1. The van der Waals surface area contributed by atoms with E-state index in [-0.39, 0.29) is 12.4 Å². The van der Waals surface area contributed by atoms with E-state index in [9.17, 15) is 14.4 Å². The van der Waals surface area contributed by atoms with Crippen LogP contribution in [0.2, 0.25) is 0 Å². The molecule has 30 heavy (non-hydrogen) atoms. The lowest BCUT2D eigenvalue weighted by Gasteiger charge is -2.16. The summed E-state index contributed by atoms with van der Waals surface area (Å²) < 4.78 is 15.8. The predicted molar refractivity (Wildman–Crippen MR) is 111 cm³/mol. The van der Waals surface area contributed by atoms with E-state index >= 15 is 0 Å². The van der Waals surface area contributed by atoms with Gasteiger partial charge in [-0.2, -0.15) is 0 Å². The number of rotatable bonds is 6. The van der Waals surface area contributed by atoms with Crippen molar-refractivity contribution in [2.75, 3.05) is 0 Å². The zero-order valence-electron chi connectivity index (χ0n) is 17.1. The summed E-state index contributed by atoms with van der Waals surface area (Å²) in [5.74, 6) is -0.420. The third-order valence-electron chi connectivity index (χ3n) is 4.84. The Labute approximate surface area is 173 Å². The summed E-state index contributed by atoms with van der Waals surface area (Å²) in [6.07, 6.45) is -0.390. The van der Waals surface area contributed by atoms with Crippen LogP contribution >= 0.6 is 0 Å². The van der Waals surface area contributed by atoms with Crippen molar-refractivity contribution in [2.45, 2.75) is 39.8 Å². The first kappa shape index (κ1) is 21.1. The number of esters is 1. The normalized spacial score (nSPS) is 11.7. The average molecular weight is 409 g/mol. The van der Waals surface area contributed by atoms with Crippen LogP contribution in [0.25, 0.3) is 11.0 Å². The van der Waals surface area contributed by atoms with E-state index in [4.69, 9.17) is 13.9 Å². The Morgan fingerprint density at radius 3 is 2.50 bits per heavy atom. The molecule has 7 nitrogen and oxygen atoms in total. The number of nitrogens with one attached hydrogen (secondary N) is 1. The third kappa shape index (κ3) is 4.86. The van der Waals surface area contributed by atoms with E-state index in [1.807, 2.05) is 37.3 Å². The van der Waals surface area contributed by atoms with E-state index in [0.717, 1.165) is 16.5 Å². The van der Waals surface area contributed by atoms with E-state index in [0.29, 0.717) is 17.6 Å². The number of hydrogen-bond donors (Lipinski definition) is 1. The molecule has 0 aliphatic carbocycles. The summed E-state index contributed by atoms with van der Waals surface area (Å²) in [5.41, 5.74) is 2.09. The highest BCUT2D eigenvalue weighted by Gasteiger charge is 2.22. The van der Waals surface area contributed by atoms with Crippen LogP contribution in [0.15, 0.2) is 57.7 Å². The molecule has 3 rings (SSSR count). The molecule has 0 fully saturated rings. The van der Waals surface area contributed by atoms with Crippen molar-refractivity contribution in [1.82, 2.24) is 5.32 Å². The Kier molecular flexibility index (Phi) is 6.51. The average Bonchev–Trinajstić information content (AvgIpc) is 2.75. The molecule has 0 bridgehead atoms. The van der Waals surface area contributed by atoms with Gasteiger partial charge >= 0.3 is 17.7 Å². The van der Waals surface area contributed by atoms with Crippen molar-refractivity contribution in [2.24, 2.45) is 0 Å². The zero-order chi connectivity index (χ0) is 21.7. The summed E-state index contributed by atoms with van der Waals surface area (Å²) in [7, 11) is 0. The first-order valence-electron chi connectivity index (χ1n) is 9.62. The van der Waals surface area contributed by atoms with E-state index in [1.165, 1.54) is 6.07 Å². The molecule has 1 aromatic heterocycles. The van der Waals surface area contributed by atoms with E-state index in [1.54, 1.807) is 26.0 Å². The van der Waals surface area contributed by atoms with Crippen LogP contribution in [-0.2, 0) is 16.1 Å². The third-order valence-corrected chi connectivity index (χ3v) is 4.84. The summed E-state index contributed by atoms with van der Waals surface area (Å²) >= 11 is 0. The fraction of sp³-hybridized carbons (Fsp3) is 0.261. The summed E-state index contributed by atoms with van der Waals surface area (Å²) in [6, 6.07) is 13.2. The van der Waals surface area contributed by atoms with Gasteiger partial charge in [0.1, 0.15) is 24.0 Å². The second-order valence-electron chi connectivity index (χ2n) is 6.89. The maximum Gasteiger partial charge on any atom is 0.408 e. The van der Waals surface area contributed by atoms with Crippen molar-refractivity contribution >= 4 is 23.0 Å². The van der Waals surface area contributed by atoms with Crippen LogP contribution in [0.4, 0.5) is 4.79 Å². The molecule has 0 radical (unpaired) electrons. The van der Waals surface area contributed by atoms with Gasteiger partial charge in [0.15, 0.2) is 0 Å². The first-order valence-corrected chi connectivity index (χ1v) is 9.62. The maximum absolute atomic E-state index is 12.5. The quantitative estimate of drug-likeness (QED) is 0.375. The Morgan fingerprint density at radius 2 is 1.80 bits per heavy atom. The predicted octanol–water partition coefficient (Wildman–Crippen LogP) is 4.02. The molecule has 1 N–H and O–H groups in total. The number of aryl methyl sites for hydroxylation is 1. The van der Waals surface area contributed by atoms with Gasteiger partial charge in [0.25, 0.3) is 0 Å². The highest BCUT2D eigenvalue weighted by molar-refractivity contribution is 5.85. The minimum atomic E-state index is -0.879. The lowest BCUT2D eigenvalue weighted by Crippen LogP contribution is -2.42. The van der Waals surface area contributed by atoms with Gasteiger partial charge in [0, 0.05) is 17.0 Å². The Morgan fingerprint density at radius 1 is 1.07 bits per heavy atom. The molecule has 0 saturated carbocycles. The van der Waals surface area contributed by atoms with Gasteiger partial charge in [-0.3, -0.25) is 0 Å². The maximum atomic E-state index is 12.5. The first-order chi connectivity index (χ1) is 14.4. The molecule has 0 aliphatic heterocycles. The Bertz CT molecular complexity index is 1120. The van der Waals surface area contributed by atoms with Crippen LogP contribution in [-0.4, -0.2) is 18.1 Å². The van der Waals surface area contributed by atoms with Gasteiger partial charge in [-0.15, -0.1) is 0 Å². The molecule has 1 atom stereocenters. The highest BCUT2D eigenvalue weighted by atomic mass is 16.6. The van der Waals surface area contributed by atoms with Gasteiger partial charge < -0.3 is 19.2 Å². The zero-order valence-corrected chi connectivity index (χ0v) is 17.1. The highest BCUT2D eigenvalue weighted by Crippen LogP contribution is 2.24. The molecule has 3 aromatic rings. The van der Waals surface area contributed by atoms with Gasteiger partial charge in [-0.1, -0.05) is 37.3 Å². The monoisotopic (exact) mass is 409 g/mol. The molecule has 0 spiro atoms. The largest absolute Gasteiger partial charge is 0.445 e. The summed E-state index contributed by atoms with van der Waals surface area (Å²) in [6.45, 7) is 5.37. The van der Waals surface area contributed by atoms with Crippen LogP contribution in [0.3, 0.4) is 0 Å². The van der Waals surface area contributed by atoms with E-state index in [2.05, 4.69) is 5.32 Å². The van der Waals surface area contributed by atoms with Crippen molar-refractivity contribution in [1.29, 1.82) is 0 Å². The summed E-state index contributed by atoms with van der Waals surface area (Å²) in [4.78, 5) is 36.4. The number of benzene rings is 2. The number of amides is 1. The van der Waals surface area contributed by atoms with Crippen molar-refractivity contribution in [3.63, 3.8) is 0 Å².